The molecule has 1 unspecified atom stereocenters. The maximum absolute atomic E-state index is 12.7. The number of methoxy groups -OCH3 is 2. The van der Waals surface area contributed by atoms with Crippen LogP contribution in [0, 0.1) is 10.1 Å². The molecule has 2 aromatic carbocycles. The van der Waals surface area contributed by atoms with Crippen molar-refractivity contribution in [2.45, 2.75) is 18.8 Å². The molecule has 2 aromatic rings. The summed E-state index contributed by atoms with van der Waals surface area (Å²) in [4.78, 5) is 23.4. The summed E-state index contributed by atoms with van der Waals surface area (Å²) < 4.78 is 10.2. The first kappa shape index (κ1) is 16.8. The molecule has 0 bridgehead atoms. The van der Waals surface area contributed by atoms with Crippen molar-refractivity contribution in [1.82, 2.24) is 0 Å². The predicted octanol–water partition coefficient (Wildman–Crippen LogP) is 3.28. The van der Waals surface area contributed by atoms with Crippen molar-refractivity contribution >= 4 is 17.3 Å². The Morgan fingerprint density at radius 3 is 2.52 bits per heavy atom. The van der Waals surface area contributed by atoms with Gasteiger partial charge in [0.2, 0.25) is 5.91 Å². The number of nitro benzene ring substituents is 1. The molecule has 25 heavy (non-hydrogen) atoms. The fourth-order valence-corrected chi connectivity index (χ4v) is 3.09. The zero-order chi connectivity index (χ0) is 18.0. The molecule has 1 N–H and O–H groups in total. The van der Waals surface area contributed by atoms with Crippen molar-refractivity contribution in [3.8, 4) is 11.5 Å². The maximum Gasteiger partial charge on any atom is 0.296 e. The largest absolute Gasteiger partial charge is 0.497 e. The Labute approximate surface area is 144 Å². The third kappa shape index (κ3) is 3.26. The van der Waals surface area contributed by atoms with Crippen LogP contribution in [0.5, 0.6) is 11.5 Å². The Hall–Kier alpha value is -3.09. The molecule has 0 saturated heterocycles. The fourth-order valence-electron chi connectivity index (χ4n) is 3.09. The van der Waals surface area contributed by atoms with E-state index in [1.807, 2.05) is 18.2 Å². The topological polar surface area (TPSA) is 90.7 Å². The highest BCUT2D eigenvalue weighted by atomic mass is 16.6. The number of carbonyl (C=O) groups excluding carboxylic acids is 1. The summed E-state index contributed by atoms with van der Waals surface area (Å²) in [5, 5.41) is 13.9. The van der Waals surface area contributed by atoms with E-state index in [-0.39, 0.29) is 23.2 Å². The van der Waals surface area contributed by atoms with Crippen molar-refractivity contribution in [1.29, 1.82) is 0 Å². The van der Waals surface area contributed by atoms with Gasteiger partial charge in [-0.3, -0.25) is 14.9 Å². The van der Waals surface area contributed by atoms with Crippen LogP contribution < -0.4 is 14.8 Å². The minimum absolute atomic E-state index is 0.159. The van der Waals surface area contributed by atoms with Crippen molar-refractivity contribution < 1.29 is 19.2 Å². The molecular weight excluding hydrogens is 324 g/mol. The zero-order valence-corrected chi connectivity index (χ0v) is 13.9. The molecule has 0 saturated carbocycles. The van der Waals surface area contributed by atoms with Crippen molar-refractivity contribution in [3.05, 3.63) is 57.6 Å². The smallest absolute Gasteiger partial charge is 0.296 e. The number of nitrogens with one attached hydrogen (secondary N) is 1. The molecular formula is C18H18N2O5. The molecule has 0 fully saturated rings. The maximum atomic E-state index is 12.7. The Bertz CT molecular complexity index is 834. The summed E-state index contributed by atoms with van der Waals surface area (Å²) in [5.74, 6) is 0.432. The van der Waals surface area contributed by atoms with Gasteiger partial charge in [0.25, 0.3) is 5.69 Å². The molecule has 0 aliphatic heterocycles. The lowest BCUT2D eigenvalue weighted by Crippen LogP contribution is -2.20. The SMILES string of the molecule is COc1ccc2c(c1)C(C(=O)Nc1ccc(OC)cc1[N+](=O)[O-])CC2. The van der Waals surface area contributed by atoms with Crippen LogP contribution in [-0.4, -0.2) is 25.1 Å². The summed E-state index contributed by atoms with van der Waals surface area (Å²) in [5.41, 5.74) is 1.97. The second kappa shape index (κ2) is 6.80. The first-order valence-electron chi connectivity index (χ1n) is 7.83. The standard InChI is InChI=1S/C18H18N2O5/c1-24-12-5-3-11-4-7-14(15(11)9-12)18(21)19-16-8-6-13(25-2)10-17(16)20(22)23/h3,5-6,8-10,14H,4,7H2,1-2H3,(H,19,21). The minimum Gasteiger partial charge on any atom is -0.497 e. The van der Waals surface area contributed by atoms with Gasteiger partial charge in [0.15, 0.2) is 0 Å². The van der Waals surface area contributed by atoms with Crippen LogP contribution in [0.1, 0.15) is 23.5 Å². The lowest BCUT2D eigenvalue weighted by atomic mass is 10.00. The average molecular weight is 342 g/mol. The Kier molecular flexibility index (Phi) is 4.56. The van der Waals surface area contributed by atoms with Gasteiger partial charge in [0.1, 0.15) is 17.2 Å². The van der Waals surface area contributed by atoms with Gasteiger partial charge in [0.05, 0.1) is 31.1 Å². The number of nitro groups is 1. The highest BCUT2D eigenvalue weighted by Gasteiger charge is 2.30. The van der Waals surface area contributed by atoms with Crippen LogP contribution in [0.15, 0.2) is 36.4 Å². The lowest BCUT2D eigenvalue weighted by Gasteiger charge is -2.14. The molecule has 7 nitrogen and oxygen atoms in total. The van der Waals surface area contributed by atoms with E-state index in [0.29, 0.717) is 17.9 Å². The van der Waals surface area contributed by atoms with E-state index in [0.717, 1.165) is 17.5 Å². The molecule has 1 amide bonds. The molecule has 1 aliphatic carbocycles. The fraction of sp³-hybridized carbons (Fsp3) is 0.278. The highest BCUT2D eigenvalue weighted by Crippen LogP contribution is 2.37. The molecule has 0 radical (unpaired) electrons. The van der Waals surface area contributed by atoms with E-state index in [2.05, 4.69) is 5.32 Å². The van der Waals surface area contributed by atoms with E-state index < -0.39 is 4.92 Å². The number of rotatable bonds is 5. The summed E-state index contributed by atoms with van der Waals surface area (Å²) in [7, 11) is 3.01. The molecule has 1 atom stereocenters. The number of nitrogens with zero attached hydrogens (tertiary/aromatic N) is 1. The number of carbonyl (C=O) groups is 1. The van der Waals surface area contributed by atoms with Gasteiger partial charge in [-0.15, -0.1) is 0 Å². The number of fused-ring (bicyclic) bond motifs is 1. The number of aryl methyl sites for hydroxylation is 1. The van der Waals surface area contributed by atoms with E-state index in [1.54, 1.807) is 13.2 Å². The number of benzene rings is 2. The second-order valence-corrected chi connectivity index (χ2v) is 5.79. The van der Waals surface area contributed by atoms with Gasteiger partial charge >= 0.3 is 0 Å². The Morgan fingerprint density at radius 1 is 1.16 bits per heavy atom. The number of hydrogen-bond acceptors (Lipinski definition) is 5. The first-order chi connectivity index (χ1) is 12.0. The molecule has 7 heteroatoms. The van der Waals surface area contributed by atoms with Crippen molar-refractivity contribution in [3.63, 3.8) is 0 Å². The summed E-state index contributed by atoms with van der Waals surface area (Å²) in [6.45, 7) is 0. The molecule has 3 rings (SSSR count). The van der Waals surface area contributed by atoms with Crippen LogP contribution >= 0.6 is 0 Å². The van der Waals surface area contributed by atoms with Crippen LogP contribution in [0.4, 0.5) is 11.4 Å². The summed E-state index contributed by atoms with van der Waals surface area (Å²) >= 11 is 0. The van der Waals surface area contributed by atoms with Gasteiger partial charge in [-0.25, -0.2) is 0 Å². The minimum atomic E-state index is -0.538. The molecule has 1 aliphatic rings. The van der Waals surface area contributed by atoms with Crippen molar-refractivity contribution in [2.75, 3.05) is 19.5 Å². The second-order valence-electron chi connectivity index (χ2n) is 5.79. The number of anilines is 1. The summed E-state index contributed by atoms with van der Waals surface area (Å²) in [6.07, 6.45) is 1.46. The van der Waals surface area contributed by atoms with Crippen LogP contribution in [-0.2, 0) is 11.2 Å². The van der Waals surface area contributed by atoms with Gasteiger partial charge in [0, 0.05) is 0 Å². The van der Waals surface area contributed by atoms with E-state index in [1.165, 1.54) is 19.2 Å². The predicted molar refractivity (Wildman–Crippen MR) is 92.3 cm³/mol. The molecule has 0 aromatic heterocycles. The molecule has 0 spiro atoms. The third-order valence-corrected chi connectivity index (χ3v) is 4.41. The van der Waals surface area contributed by atoms with Gasteiger partial charge < -0.3 is 14.8 Å². The number of ether oxygens (including phenoxy) is 2. The third-order valence-electron chi connectivity index (χ3n) is 4.41. The highest BCUT2D eigenvalue weighted by molar-refractivity contribution is 5.98. The van der Waals surface area contributed by atoms with Gasteiger partial charge in [-0.2, -0.15) is 0 Å². The average Bonchev–Trinajstić information content (AvgIpc) is 3.04. The number of hydrogen-bond donors (Lipinski definition) is 1. The monoisotopic (exact) mass is 342 g/mol. The quantitative estimate of drug-likeness (QED) is 0.665. The van der Waals surface area contributed by atoms with Crippen LogP contribution in [0.2, 0.25) is 0 Å². The zero-order valence-electron chi connectivity index (χ0n) is 13.9. The van der Waals surface area contributed by atoms with Crippen molar-refractivity contribution in [2.24, 2.45) is 0 Å². The molecule has 0 heterocycles. The Morgan fingerprint density at radius 2 is 1.84 bits per heavy atom. The number of amides is 1. The lowest BCUT2D eigenvalue weighted by molar-refractivity contribution is -0.384. The molecule has 130 valence electrons. The van der Waals surface area contributed by atoms with Gasteiger partial charge in [-0.1, -0.05) is 6.07 Å². The summed E-state index contributed by atoms with van der Waals surface area (Å²) in [6, 6.07) is 10.0. The van der Waals surface area contributed by atoms with E-state index in [9.17, 15) is 14.9 Å². The van der Waals surface area contributed by atoms with E-state index >= 15 is 0 Å². The van der Waals surface area contributed by atoms with E-state index in [4.69, 9.17) is 9.47 Å². The normalized spacial score (nSPS) is 15.4. The Balaban J connectivity index is 1.86. The first-order valence-corrected chi connectivity index (χ1v) is 7.83. The van der Waals surface area contributed by atoms with Gasteiger partial charge in [-0.05, 0) is 48.2 Å². The van der Waals surface area contributed by atoms with Crippen LogP contribution in [0.3, 0.4) is 0 Å². The van der Waals surface area contributed by atoms with Crippen LogP contribution in [0.25, 0.3) is 0 Å².